The minimum absolute atomic E-state index is 0.145. The van der Waals surface area contributed by atoms with E-state index < -0.39 is 53.6 Å². The van der Waals surface area contributed by atoms with Gasteiger partial charge in [0.15, 0.2) is 0 Å². The molecule has 0 rings (SSSR count). The molecule has 0 spiro atoms. The summed E-state index contributed by atoms with van der Waals surface area (Å²) in [5.41, 5.74) is 5.22. The van der Waals surface area contributed by atoms with Crippen molar-refractivity contribution >= 4 is 47.6 Å². The van der Waals surface area contributed by atoms with E-state index in [9.17, 15) is 23.4 Å². The van der Waals surface area contributed by atoms with E-state index in [1.807, 2.05) is 0 Å². The number of hydrogen-bond donors (Lipinski definition) is 6. The molecule has 0 radical (unpaired) electrons. The van der Waals surface area contributed by atoms with Crippen LogP contribution >= 0.6 is 12.6 Å². The molecule has 0 saturated heterocycles. The molecule has 11 nitrogen and oxygen atoms in total. The van der Waals surface area contributed by atoms with Crippen molar-refractivity contribution in [2.45, 2.75) is 24.9 Å². The number of nitrogens with one attached hydrogen (secondary N) is 1. The Morgan fingerprint density at radius 2 is 1.83 bits per heavy atom. The molecule has 0 aliphatic rings. The van der Waals surface area contributed by atoms with Crippen molar-refractivity contribution in [1.29, 1.82) is 0 Å². The predicted octanol–water partition coefficient (Wildman–Crippen LogP) is -2.36. The first kappa shape index (κ1) is 21.3. The van der Waals surface area contributed by atoms with Gasteiger partial charge in [-0.05, 0) is 6.42 Å². The first-order chi connectivity index (χ1) is 10.6. The number of carboxylic acids is 2. The molecule has 0 aliphatic carbocycles. The van der Waals surface area contributed by atoms with E-state index in [2.05, 4.69) is 17.9 Å². The van der Waals surface area contributed by atoms with Crippen molar-refractivity contribution in [2.24, 2.45) is 5.73 Å². The fourth-order valence-corrected chi connectivity index (χ4v) is 2.12. The minimum Gasteiger partial charge on any atom is -0.480 e. The van der Waals surface area contributed by atoms with Crippen molar-refractivity contribution in [3.63, 3.8) is 0 Å². The monoisotopic (exact) mass is 371 g/mol. The van der Waals surface area contributed by atoms with Crippen molar-refractivity contribution in [3.8, 4) is 0 Å². The van der Waals surface area contributed by atoms with Gasteiger partial charge in [-0.25, -0.2) is 8.51 Å². The molecule has 0 aromatic carbocycles. The standard InChI is InChI=1S/C10H17N3O8S2/c11-5(10(18)19)1-2-7(14)12-6(4-22)9(17)13(23(20)21)3-8(15)16/h5-6,22H,1-4,11H2,(H,12,14)(H,15,16)(H,18,19)(H,20,21). The lowest BCUT2D eigenvalue weighted by Crippen LogP contribution is -2.51. The van der Waals surface area contributed by atoms with Crippen LogP contribution < -0.4 is 11.1 Å². The summed E-state index contributed by atoms with van der Waals surface area (Å²) in [5, 5.41) is 19.4. The zero-order valence-electron chi connectivity index (χ0n) is 11.7. The molecule has 3 unspecified atom stereocenters. The van der Waals surface area contributed by atoms with Gasteiger partial charge in [0, 0.05) is 12.2 Å². The Bertz CT molecular complexity index is 500. The van der Waals surface area contributed by atoms with Crippen LogP contribution in [0.1, 0.15) is 12.8 Å². The number of carboxylic acid groups (broad SMARTS) is 2. The molecule has 0 bridgehead atoms. The van der Waals surface area contributed by atoms with Crippen molar-refractivity contribution in [1.82, 2.24) is 9.62 Å². The van der Waals surface area contributed by atoms with Crippen LogP contribution in [0.15, 0.2) is 0 Å². The highest BCUT2D eigenvalue weighted by Gasteiger charge is 2.30. The molecule has 13 heteroatoms. The molecular weight excluding hydrogens is 354 g/mol. The van der Waals surface area contributed by atoms with Gasteiger partial charge in [-0.1, -0.05) is 0 Å². The van der Waals surface area contributed by atoms with Gasteiger partial charge in [-0.3, -0.25) is 23.7 Å². The zero-order chi connectivity index (χ0) is 18.2. The van der Waals surface area contributed by atoms with Gasteiger partial charge in [-0.15, -0.1) is 0 Å². The van der Waals surface area contributed by atoms with E-state index in [1.54, 1.807) is 0 Å². The number of thiol groups is 1. The number of amides is 2. The average Bonchev–Trinajstić information content (AvgIpc) is 2.46. The van der Waals surface area contributed by atoms with Crippen LogP contribution in [0.2, 0.25) is 0 Å². The lowest BCUT2D eigenvalue weighted by atomic mass is 10.1. The Balaban J connectivity index is 4.76. The molecule has 23 heavy (non-hydrogen) atoms. The van der Waals surface area contributed by atoms with Crippen LogP contribution in [0.3, 0.4) is 0 Å². The van der Waals surface area contributed by atoms with Crippen LogP contribution in [-0.2, 0) is 30.4 Å². The molecule has 0 fully saturated rings. The Hall–Kier alpha value is -1.70. The summed E-state index contributed by atoms with van der Waals surface area (Å²) in [4.78, 5) is 44.7. The molecule has 0 saturated carbocycles. The van der Waals surface area contributed by atoms with Crippen LogP contribution in [-0.4, -0.2) is 71.4 Å². The van der Waals surface area contributed by atoms with Gasteiger partial charge < -0.3 is 21.3 Å². The van der Waals surface area contributed by atoms with Crippen LogP contribution in [0.5, 0.6) is 0 Å². The zero-order valence-corrected chi connectivity index (χ0v) is 13.5. The summed E-state index contributed by atoms with van der Waals surface area (Å²) in [6.45, 7) is -1.04. The van der Waals surface area contributed by atoms with Gasteiger partial charge in [0.1, 0.15) is 18.6 Å². The van der Waals surface area contributed by atoms with Gasteiger partial charge >= 0.3 is 11.9 Å². The van der Waals surface area contributed by atoms with E-state index in [-0.39, 0.29) is 22.9 Å². The minimum atomic E-state index is -2.89. The second kappa shape index (κ2) is 10.1. The van der Waals surface area contributed by atoms with E-state index in [0.717, 1.165) is 0 Å². The fourth-order valence-electron chi connectivity index (χ4n) is 1.37. The molecule has 2 amide bonds. The molecule has 3 atom stereocenters. The number of carbonyl (C=O) groups excluding carboxylic acids is 2. The Morgan fingerprint density at radius 1 is 1.26 bits per heavy atom. The average molecular weight is 371 g/mol. The third-order valence-electron chi connectivity index (χ3n) is 2.53. The number of hydrogen-bond acceptors (Lipinski definition) is 7. The topological polar surface area (TPSA) is 187 Å². The summed E-state index contributed by atoms with van der Waals surface area (Å²) in [5.74, 6) is -4.91. The number of nitrogens with two attached hydrogens (primary N) is 1. The molecule has 6 N–H and O–H groups in total. The van der Waals surface area contributed by atoms with Gasteiger partial charge in [0.05, 0.1) is 0 Å². The molecule has 0 aromatic heterocycles. The maximum Gasteiger partial charge on any atom is 0.324 e. The molecule has 0 heterocycles. The van der Waals surface area contributed by atoms with Crippen LogP contribution in [0.25, 0.3) is 0 Å². The Morgan fingerprint density at radius 3 is 2.22 bits per heavy atom. The summed E-state index contributed by atoms with van der Waals surface area (Å²) in [6, 6.07) is -2.60. The number of carbonyl (C=O) groups is 4. The number of aliphatic carboxylic acids is 2. The first-order valence-electron chi connectivity index (χ1n) is 6.12. The van der Waals surface area contributed by atoms with E-state index in [1.165, 1.54) is 0 Å². The maximum absolute atomic E-state index is 12.0. The number of rotatable bonds is 10. The van der Waals surface area contributed by atoms with Crippen molar-refractivity contribution < 1.29 is 38.2 Å². The molecule has 132 valence electrons. The maximum atomic E-state index is 12.0. The highest BCUT2D eigenvalue weighted by molar-refractivity contribution is 7.80. The second-order valence-corrected chi connectivity index (χ2v) is 5.55. The van der Waals surface area contributed by atoms with Gasteiger partial charge in [0.2, 0.25) is 5.91 Å². The quantitative estimate of drug-likeness (QED) is 0.180. The Kier molecular flexibility index (Phi) is 9.40. The summed E-state index contributed by atoms with van der Waals surface area (Å²) < 4.78 is 20.1. The third-order valence-corrected chi connectivity index (χ3v) is 3.58. The van der Waals surface area contributed by atoms with E-state index in [0.29, 0.717) is 0 Å². The van der Waals surface area contributed by atoms with Crippen LogP contribution in [0.4, 0.5) is 0 Å². The SMILES string of the molecule is NC(CCC(=O)NC(CS)C(=O)N(CC(=O)O)S(=O)O)C(=O)O. The Labute approximate surface area is 139 Å². The van der Waals surface area contributed by atoms with Gasteiger partial charge in [0.25, 0.3) is 17.2 Å². The molecule has 0 aromatic rings. The third kappa shape index (κ3) is 7.92. The lowest BCUT2D eigenvalue weighted by molar-refractivity contribution is -0.142. The van der Waals surface area contributed by atoms with E-state index >= 15 is 0 Å². The fraction of sp³-hybridized carbons (Fsp3) is 0.600. The number of nitrogens with zero attached hydrogens (tertiary/aromatic N) is 1. The molecule has 0 aliphatic heterocycles. The predicted molar refractivity (Wildman–Crippen MR) is 80.7 cm³/mol. The lowest BCUT2D eigenvalue weighted by Gasteiger charge is -2.22. The van der Waals surface area contributed by atoms with Gasteiger partial charge in [-0.2, -0.15) is 12.6 Å². The van der Waals surface area contributed by atoms with Crippen molar-refractivity contribution in [3.05, 3.63) is 0 Å². The van der Waals surface area contributed by atoms with E-state index in [4.69, 9.17) is 20.5 Å². The summed E-state index contributed by atoms with van der Waals surface area (Å²) in [7, 11) is 0. The largest absolute Gasteiger partial charge is 0.480 e. The highest BCUT2D eigenvalue weighted by Crippen LogP contribution is 2.03. The summed E-state index contributed by atoms with van der Waals surface area (Å²) in [6.07, 6.45) is -0.481. The highest BCUT2D eigenvalue weighted by atomic mass is 32.2. The smallest absolute Gasteiger partial charge is 0.324 e. The summed E-state index contributed by atoms with van der Waals surface area (Å²) >= 11 is 0.927. The first-order valence-corrected chi connectivity index (χ1v) is 7.82. The second-order valence-electron chi connectivity index (χ2n) is 4.29. The van der Waals surface area contributed by atoms with Crippen molar-refractivity contribution in [2.75, 3.05) is 12.3 Å². The molecular formula is C10H17N3O8S2. The van der Waals surface area contributed by atoms with Crippen LogP contribution in [0, 0.1) is 0 Å². The normalized spacial score (nSPS) is 14.4.